The minimum Gasteiger partial charge on any atom is -0.496 e. The zero-order valence-electron chi connectivity index (χ0n) is 11.6. The van der Waals surface area contributed by atoms with Crippen molar-refractivity contribution >= 4 is 11.6 Å². The monoisotopic (exact) mass is 283 g/mol. The first-order valence-corrected chi connectivity index (χ1v) is 7.24. The second-order valence-corrected chi connectivity index (χ2v) is 5.38. The Labute approximate surface area is 120 Å². The van der Waals surface area contributed by atoms with Gasteiger partial charge in [-0.25, -0.2) is 0 Å². The van der Waals surface area contributed by atoms with Crippen molar-refractivity contribution < 1.29 is 9.47 Å². The first-order valence-electron chi connectivity index (χ1n) is 6.87. The largest absolute Gasteiger partial charge is 0.496 e. The minimum atomic E-state index is 0.248. The van der Waals surface area contributed by atoms with Gasteiger partial charge in [-0.15, -0.1) is 0 Å². The molecule has 1 heterocycles. The third kappa shape index (κ3) is 3.85. The van der Waals surface area contributed by atoms with Crippen LogP contribution in [0, 0.1) is 0 Å². The molecule has 0 bridgehead atoms. The van der Waals surface area contributed by atoms with Crippen LogP contribution < -0.4 is 10.1 Å². The molecule has 0 amide bonds. The molecule has 1 aromatic carbocycles. The zero-order valence-corrected chi connectivity index (χ0v) is 12.4. The maximum absolute atomic E-state index is 6.09. The first-order chi connectivity index (χ1) is 9.24. The van der Waals surface area contributed by atoms with E-state index in [9.17, 15) is 0 Å². The number of hydrogen-bond donors (Lipinski definition) is 1. The van der Waals surface area contributed by atoms with Crippen molar-refractivity contribution in [2.45, 2.75) is 37.8 Å². The number of hydrogen-bond acceptors (Lipinski definition) is 3. The van der Waals surface area contributed by atoms with E-state index in [0.717, 1.165) is 35.8 Å². The Balaban J connectivity index is 2.05. The summed E-state index contributed by atoms with van der Waals surface area (Å²) in [6, 6.07) is 6.01. The van der Waals surface area contributed by atoms with Crippen LogP contribution in [-0.4, -0.2) is 26.9 Å². The minimum absolute atomic E-state index is 0.248. The molecule has 1 aromatic rings. The van der Waals surface area contributed by atoms with Gasteiger partial charge in [0.25, 0.3) is 0 Å². The van der Waals surface area contributed by atoms with Crippen LogP contribution >= 0.6 is 11.6 Å². The van der Waals surface area contributed by atoms with Gasteiger partial charge < -0.3 is 14.8 Å². The summed E-state index contributed by atoms with van der Waals surface area (Å²) in [5.74, 6) is 0.885. The Morgan fingerprint density at radius 2 is 2.37 bits per heavy atom. The number of benzene rings is 1. The van der Waals surface area contributed by atoms with E-state index in [1.54, 1.807) is 7.11 Å². The molecule has 0 aromatic heterocycles. The molecule has 1 fully saturated rings. The van der Waals surface area contributed by atoms with E-state index in [1.165, 1.54) is 12.8 Å². The lowest BCUT2D eigenvalue weighted by atomic mass is 9.98. The molecule has 0 radical (unpaired) electrons. The third-order valence-corrected chi connectivity index (χ3v) is 3.95. The average Bonchev–Trinajstić information content (AvgIpc) is 2.93. The highest BCUT2D eigenvalue weighted by molar-refractivity contribution is 6.30. The third-order valence-electron chi connectivity index (χ3n) is 3.72. The molecule has 0 saturated carbocycles. The molecular weight excluding hydrogens is 262 g/mol. The van der Waals surface area contributed by atoms with Crippen molar-refractivity contribution in [1.29, 1.82) is 0 Å². The van der Waals surface area contributed by atoms with Gasteiger partial charge in [0, 0.05) is 23.2 Å². The van der Waals surface area contributed by atoms with Crippen molar-refractivity contribution in [3.05, 3.63) is 28.8 Å². The SMILES string of the molecule is CNC(CCC1CCCO1)c1cc(Cl)ccc1OC. The van der Waals surface area contributed by atoms with Crippen LogP contribution in [0.2, 0.25) is 5.02 Å². The van der Waals surface area contributed by atoms with E-state index in [2.05, 4.69) is 5.32 Å². The van der Waals surface area contributed by atoms with Crippen LogP contribution in [0.15, 0.2) is 18.2 Å². The Morgan fingerprint density at radius 1 is 1.53 bits per heavy atom. The van der Waals surface area contributed by atoms with Crippen LogP contribution in [0.25, 0.3) is 0 Å². The molecule has 2 rings (SSSR count). The molecule has 3 nitrogen and oxygen atoms in total. The molecule has 19 heavy (non-hydrogen) atoms. The Bertz CT molecular complexity index is 405. The molecule has 106 valence electrons. The second-order valence-electron chi connectivity index (χ2n) is 4.94. The maximum atomic E-state index is 6.09. The van der Waals surface area contributed by atoms with Crippen LogP contribution in [0.5, 0.6) is 5.75 Å². The molecule has 1 aliphatic rings. The number of rotatable bonds is 6. The average molecular weight is 284 g/mol. The molecule has 1 N–H and O–H groups in total. The highest BCUT2D eigenvalue weighted by atomic mass is 35.5. The number of methoxy groups -OCH3 is 1. The zero-order chi connectivity index (χ0) is 13.7. The molecule has 0 aliphatic carbocycles. The fraction of sp³-hybridized carbons (Fsp3) is 0.600. The summed E-state index contributed by atoms with van der Waals surface area (Å²) in [4.78, 5) is 0. The molecular formula is C15H22ClNO2. The summed E-state index contributed by atoms with van der Waals surface area (Å²) in [6.07, 6.45) is 4.89. The Morgan fingerprint density at radius 3 is 3.00 bits per heavy atom. The predicted molar refractivity (Wildman–Crippen MR) is 78.0 cm³/mol. The highest BCUT2D eigenvalue weighted by Crippen LogP contribution is 2.32. The smallest absolute Gasteiger partial charge is 0.123 e. The fourth-order valence-electron chi connectivity index (χ4n) is 2.66. The molecule has 4 heteroatoms. The summed E-state index contributed by atoms with van der Waals surface area (Å²) in [7, 11) is 3.67. The summed E-state index contributed by atoms with van der Waals surface area (Å²) < 4.78 is 11.1. The lowest BCUT2D eigenvalue weighted by molar-refractivity contribution is 0.0997. The standard InChI is InChI=1S/C15H22ClNO2/c1-17-14(7-6-12-4-3-9-19-12)13-10-11(16)5-8-15(13)18-2/h5,8,10,12,14,17H,3-4,6-7,9H2,1-2H3. The van der Waals surface area contributed by atoms with Crippen LogP contribution in [0.3, 0.4) is 0 Å². The van der Waals surface area contributed by atoms with Crippen LogP contribution in [-0.2, 0) is 4.74 Å². The van der Waals surface area contributed by atoms with Gasteiger partial charge in [0.15, 0.2) is 0 Å². The summed E-state index contributed by atoms with van der Waals surface area (Å²) in [5.41, 5.74) is 1.12. The van der Waals surface area contributed by atoms with Gasteiger partial charge in [0.1, 0.15) is 5.75 Å². The van der Waals surface area contributed by atoms with Gasteiger partial charge in [-0.05, 0) is 50.9 Å². The van der Waals surface area contributed by atoms with Crippen molar-refractivity contribution in [2.24, 2.45) is 0 Å². The van der Waals surface area contributed by atoms with Crippen molar-refractivity contribution in [1.82, 2.24) is 5.32 Å². The molecule has 2 unspecified atom stereocenters. The fourth-order valence-corrected chi connectivity index (χ4v) is 2.84. The van der Waals surface area contributed by atoms with E-state index in [4.69, 9.17) is 21.1 Å². The first kappa shape index (κ1) is 14.6. The summed E-state index contributed by atoms with van der Waals surface area (Å²) >= 11 is 6.09. The van der Waals surface area contributed by atoms with E-state index < -0.39 is 0 Å². The molecule has 0 spiro atoms. The van der Waals surface area contributed by atoms with E-state index in [0.29, 0.717) is 6.10 Å². The quantitative estimate of drug-likeness (QED) is 0.866. The molecule has 1 aliphatic heterocycles. The van der Waals surface area contributed by atoms with Gasteiger partial charge in [-0.3, -0.25) is 0 Å². The van der Waals surface area contributed by atoms with E-state index >= 15 is 0 Å². The lowest BCUT2D eigenvalue weighted by Gasteiger charge is -2.21. The Hall–Kier alpha value is -0.770. The molecule has 1 saturated heterocycles. The van der Waals surface area contributed by atoms with Gasteiger partial charge in [-0.1, -0.05) is 11.6 Å². The number of nitrogens with one attached hydrogen (secondary N) is 1. The van der Waals surface area contributed by atoms with Crippen LogP contribution in [0.1, 0.15) is 37.3 Å². The van der Waals surface area contributed by atoms with Gasteiger partial charge in [0.05, 0.1) is 13.2 Å². The number of halogens is 1. The van der Waals surface area contributed by atoms with Crippen molar-refractivity contribution in [2.75, 3.05) is 20.8 Å². The van der Waals surface area contributed by atoms with Gasteiger partial charge in [-0.2, -0.15) is 0 Å². The van der Waals surface area contributed by atoms with E-state index in [1.807, 2.05) is 25.2 Å². The normalized spacial score (nSPS) is 20.5. The highest BCUT2D eigenvalue weighted by Gasteiger charge is 2.20. The number of ether oxygens (including phenoxy) is 2. The van der Waals surface area contributed by atoms with Crippen molar-refractivity contribution in [3.8, 4) is 5.75 Å². The summed E-state index contributed by atoms with van der Waals surface area (Å²) in [6.45, 7) is 0.912. The topological polar surface area (TPSA) is 30.5 Å². The van der Waals surface area contributed by atoms with Gasteiger partial charge in [0.2, 0.25) is 0 Å². The lowest BCUT2D eigenvalue weighted by Crippen LogP contribution is -2.19. The van der Waals surface area contributed by atoms with Gasteiger partial charge >= 0.3 is 0 Å². The van der Waals surface area contributed by atoms with Crippen LogP contribution in [0.4, 0.5) is 0 Å². The Kier molecular flexibility index (Phi) is 5.49. The molecule has 2 atom stereocenters. The van der Waals surface area contributed by atoms with Crippen molar-refractivity contribution in [3.63, 3.8) is 0 Å². The predicted octanol–water partition coefficient (Wildman–Crippen LogP) is 3.57. The maximum Gasteiger partial charge on any atom is 0.123 e. The summed E-state index contributed by atoms with van der Waals surface area (Å²) in [5, 5.41) is 4.09. The van der Waals surface area contributed by atoms with E-state index in [-0.39, 0.29) is 6.04 Å². The second kappa shape index (κ2) is 7.13.